The molecule has 0 amide bonds. The Morgan fingerprint density at radius 1 is 1.43 bits per heavy atom. The molecule has 0 saturated carbocycles. The van der Waals surface area contributed by atoms with E-state index in [0.29, 0.717) is 19.1 Å². The summed E-state index contributed by atoms with van der Waals surface area (Å²) in [5.74, 6) is -1.68. The van der Waals surface area contributed by atoms with Crippen LogP contribution in [0.2, 0.25) is 0 Å². The highest BCUT2D eigenvalue weighted by Gasteiger charge is 2.22. The second-order valence-corrected chi connectivity index (χ2v) is 3.41. The molecule has 0 fully saturated rings. The number of carboxylic acid groups (broad SMARTS) is 1. The van der Waals surface area contributed by atoms with Gasteiger partial charge in [0.2, 0.25) is 0 Å². The zero-order chi connectivity index (χ0) is 11.1. The van der Waals surface area contributed by atoms with E-state index in [9.17, 15) is 14.4 Å². The predicted octanol–water partition coefficient (Wildman–Crippen LogP) is 1.28. The summed E-state index contributed by atoms with van der Waals surface area (Å²) in [4.78, 5) is 31.6. The minimum absolute atomic E-state index is 0.0104. The summed E-state index contributed by atoms with van der Waals surface area (Å²) in [5.41, 5.74) is 0. The van der Waals surface area contributed by atoms with Crippen LogP contribution in [0.5, 0.6) is 0 Å². The quantitative estimate of drug-likeness (QED) is 0.496. The van der Waals surface area contributed by atoms with Crippen molar-refractivity contribution in [1.29, 1.82) is 0 Å². The van der Waals surface area contributed by atoms with Crippen LogP contribution in [0.15, 0.2) is 0 Å². The summed E-state index contributed by atoms with van der Waals surface area (Å²) >= 11 is 0. The van der Waals surface area contributed by atoms with Crippen molar-refractivity contribution in [3.8, 4) is 0 Å². The van der Waals surface area contributed by atoms with Gasteiger partial charge in [0.1, 0.15) is 0 Å². The Bertz CT molecular complexity index is 222. The van der Waals surface area contributed by atoms with E-state index in [1.165, 1.54) is 0 Å². The van der Waals surface area contributed by atoms with Crippen molar-refractivity contribution in [2.24, 2.45) is 11.8 Å². The molecule has 0 saturated heterocycles. The fourth-order valence-electron chi connectivity index (χ4n) is 1.46. The van der Waals surface area contributed by atoms with Crippen molar-refractivity contribution in [2.45, 2.75) is 33.1 Å². The molecule has 2 atom stereocenters. The number of carbonyl (C=O) groups is 3. The van der Waals surface area contributed by atoms with E-state index in [4.69, 9.17) is 5.11 Å². The summed E-state index contributed by atoms with van der Waals surface area (Å²) in [5, 5.41) is 8.48. The Morgan fingerprint density at radius 3 is 2.36 bits per heavy atom. The number of aldehydes is 1. The van der Waals surface area contributed by atoms with Crippen LogP contribution in [0.25, 0.3) is 0 Å². The molecule has 0 aromatic heterocycles. The highest BCUT2D eigenvalue weighted by molar-refractivity contribution is 6.25. The summed E-state index contributed by atoms with van der Waals surface area (Å²) in [6.45, 7) is 3.56. The van der Waals surface area contributed by atoms with Gasteiger partial charge in [-0.25, -0.2) is 0 Å². The minimum atomic E-state index is -0.866. The first-order valence-corrected chi connectivity index (χ1v) is 4.73. The SMILES string of the molecule is CCC(CCC(=O)O)C(C)C(=O)C=O. The van der Waals surface area contributed by atoms with Gasteiger partial charge in [-0.05, 0) is 12.3 Å². The van der Waals surface area contributed by atoms with Crippen molar-refractivity contribution in [3.63, 3.8) is 0 Å². The molecule has 0 aliphatic heterocycles. The lowest BCUT2D eigenvalue weighted by Crippen LogP contribution is -2.22. The summed E-state index contributed by atoms with van der Waals surface area (Å²) in [7, 11) is 0. The lowest BCUT2D eigenvalue weighted by Gasteiger charge is -2.18. The molecule has 0 aliphatic rings. The van der Waals surface area contributed by atoms with Crippen LogP contribution in [-0.2, 0) is 14.4 Å². The van der Waals surface area contributed by atoms with Gasteiger partial charge in [-0.15, -0.1) is 0 Å². The normalized spacial score (nSPS) is 14.4. The van der Waals surface area contributed by atoms with E-state index in [0.717, 1.165) is 0 Å². The van der Waals surface area contributed by atoms with Crippen molar-refractivity contribution in [3.05, 3.63) is 0 Å². The zero-order valence-corrected chi connectivity index (χ0v) is 8.53. The molecule has 0 aromatic rings. The fraction of sp³-hybridized carbons (Fsp3) is 0.700. The molecule has 0 heterocycles. The molecule has 0 radical (unpaired) electrons. The van der Waals surface area contributed by atoms with Gasteiger partial charge in [0.25, 0.3) is 0 Å². The van der Waals surface area contributed by atoms with Crippen molar-refractivity contribution < 1.29 is 19.5 Å². The smallest absolute Gasteiger partial charge is 0.303 e. The molecular formula is C10H16O4. The van der Waals surface area contributed by atoms with Crippen LogP contribution < -0.4 is 0 Å². The first-order valence-electron chi connectivity index (χ1n) is 4.73. The maximum absolute atomic E-state index is 11.0. The zero-order valence-electron chi connectivity index (χ0n) is 8.53. The van der Waals surface area contributed by atoms with Crippen LogP contribution in [-0.4, -0.2) is 23.1 Å². The van der Waals surface area contributed by atoms with E-state index in [1.54, 1.807) is 6.92 Å². The predicted molar refractivity (Wildman–Crippen MR) is 50.9 cm³/mol. The standard InChI is InChI=1S/C10H16O4/c1-3-8(4-5-10(13)14)7(2)9(12)6-11/h6-8H,3-5H2,1-2H3,(H,13,14). The third-order valence-corrected chi connectivity index (χ3v) is 2.53. The van der Waals surface area contributed by atoms with Gasteiger partial charge in [0.05, 0.1) is 0 Å². The van der Waals surface area contributed by atoms with Crippen LogP contribution >= 0.6 is 0 Å². The van der Waals surface area contributed by atoms with Gasteiger partial charge in [-0.2, -0.15) is 0 Å². The number of hydrogen-bond donors (Lipinski definition) is 1. The van der Waals surface area contributed by atoms with E-state index in [2.05, 4.69) is 0 Å². The Morgan fingerprint density at radius 2 is 2.00 bits per heavy atom. The third-order valence-electron chi connectivity index (χ3n) is 2.53. The molecule has 4 heteroatoms. The van der Waals surface area contributed by atoms with Crippen LogP contribution in [0.1, 0.15) is 33.1 Å². The van der Waals surface area contributed by atoms with Crippen LogP contribution in [0.4, 0.5) is 0 Å². The largest absolute Gasteiger partial charge is 0.481 e. The second kappa shape index (κ2) is 6.29. The Balaban J connectivity index is 4.18. The Hall–Kier alpha value is -1.19. The number of hydrogen-bond acceptors (Lipinski definition) is 3. The van der Waals surface area contributed by atoms with Crippen molar-refractivity contribution in [1.82, 2.24) is 0 Å². The maximum atomic E-state index is 11.0. The maximum Gasteiger partial charge on any atom is 0.303 e. The summed E-state index contributed by atoms with van der Waals surface area (Å²) in [6.07, 6.45) is 1.53. The molecule has 0 spiro atoms. The van der Waals surface area contributed by atoms with E-state index in [1.807, 2.05) is 6.92 Å². The average Bonchev–Trinajstić information content (AvgIpc) is 2.16. The van der Waals surface area contributed by atoms with Crippen molar-refractivity contribution in [2.75, 3.05) is 0 Å². The molecule has 1 N–H and O–H groups in total. The molecule has 2 unspecified atom stereocenters. The molecule has 80 valence electrons. The number of aliphatic carboxylic acids is 1. The number of carboxylic acids is 1. The number of Topliss-reactive ketones (excluding diaryl/α,β-unsaturated/α-hetero) is 1. The van der Waals surface area contributed by atoms with Gasteiger partial charge in [-0.3, -0.25) is 14.4 Å². The fourth-order valence-corrected chi connectivity index (χ4v) is 1.46. The molecule has 0 rings (SSSR count). The van der Waals surface area contributed by atoms with E-state index >= 15 is 0 Å². The third kappa shape index (κ3) is 4.16. The average molecular weight is 200 g/mol. The first kappa shape index (κ1) is 12.8. The highest BCUT2D eigenvalue weighted by atomic mass is 16.4. The lowest BCUT2D eigenvalue weighted by atomic mass is 9.85. The molecule has 0 bridgehead atoms. The first-order chi connectivity index (χ1) is 6.52. The molecule has 14 heavy (non-hydrogen) atoms. The number of carbonyl (C=O) groups excluding carboxylic acids is 2. The van der Waals surface area contributed by atoms with Gasteiger partial charge in [-0.1, -0.05) is 20.3 Å². The highest BCUT2D eigenvalue weighted by Crippen LogP contribution is 2.21. The van der Waals surface area contributed by atoms with Crippen LogP contribution in [0, 0.1) is 11.8 Å². The van der Waals surface area contributed by atoms with Gasteiger partial charge in [0.15, 0.2) is 12.1 Å². The van der Waals surface area contributed by atoms with Gasteiger partial charge < -0.3 is 5.11 Å². The Kier molecular flexibility index (Phi) is 5.76. The molecular weight excluding hydrogens is 184 g/mol. The molecule has 0 aromatic carbocycles. The van der Waals surface area contributed by atoms with E-state index < -0.39 is 11.8 Å². The van der Waals surface area contributed by atoms with Crippen molar-refractivity contribution >= 4 is 18.0 Å². The molecule has 0 aliphatic carbocycles. The minimum Gasteiger partial charge on any atom is -0.481 e. The van der Waals surface area contributed by atoms with Gasteiger partial charge >= 0.3 is 5.97 Å². The van der Waals surface area contributed by atoms with E-state index in [-0.39, 0.29) is 18.3 Å². The Labute approximate surface area is 83.3 Å². The van der Waals surface area contributed by atoms with Gasteiger partial charge in [0, 0.05) is 12.3 Å². The number of ketones is 1. The monoisotopic (exact) mass is 200 g/mol. The second-order valence-electron chi connectivity index (χ2n) is 3.41. The topological polar surface area (TPSA) is 71.4 Å². The molecule has 4 nitrogen and oxygen atoms in total. The number of rotatable bonds is 7. The lowest BCUT2D eigenvalue weighted by molar-refractivity contribution is -0.138. The summed E-state index contributed by atoms with van der Waals surface area (Å²) in [6, 6.07) is 0. The summed E-state index contributed by atoms with van der Waals surface area (Å²) < 4.78 is 0. The van der Waals surface area contributed by atoms with Crippen LogP contribution in [0.3, 0.4) is 0 Å².